The number of phenolic OH excluding ortho intramolecular Hbond substituents is 1. The number of hydrogen-bond donors (Lipinski definition) is 3. The number of ketones is 2. The molecule has 3 N–H and O–H groups in total. The number of aromatic hydroxyl groups is 1. The number of benzene rings is 1. The summed E-state index contributed by atoms with van der Waals surface area (Å²) in [7, 11) is 4.89. The number of nitrogens with zero attached hydrogens (tertiary/aromatic N) is 1. The topological polar surface area (TPSA) is 143 Å². The van der Waals surface area contributed by atoms with Gasteiger partial charge in [-0.25, -0.2) is 0 Å². The highest BCUT2D eigenvalue weighted by molar-refractivity contribution is 6.28. The van der Waals surface area contributed by atoms with Gasteiger partial charge in [-0.05, 0) is 40.4 Å². The number of aliphatic hydroxyl groups excluding tert-OH is 2. The van der Waals surface area contributed by atoms with Gasteiger partial charge in [0.25, 0.3) is 0 Å². The molecule has 1 aliphatic carbocycles. The van der Waals surface area contributed by atoms with E-state index in [0.29, 0.717) is 12.0 Å². The van der Waals surface area contributed by atoms with Crippen LogP contribution in [0.1, 0.15) is 54.1 Å². The molecular formula is C26H31NO9. The lowest BCUT2D eigenvalue weighted by atomic mass is 9.78. The van der Waals surface area contributed by atoms with E-state index < -0.39 is 41.6 Å². The molecule has 1 aromatic carbocycles. The van der Waals surface area contributed by atoms with Crippen LogP contribution in [-0.2, 0) is 23.8 Å². The van der Waals surface area contributed by atoms with Gasteiger partial charge < -0.3 is 34.4 Å². The van der Waals surface area contributed by atoms with Gasteiger partial charge in [-0.15, -0.1) is 0 Å². The van der Waals surface area contributed by atoms with Crippen molar-refractivity contribution in [3.8, 4) is 5.75 Å². The third-order valence-corrected chi connectivity index (χ3v) is 7.26. The number of carbonyl (C=O) groups excluding carboxylic acids is 3. The number of methoxy groups -OCH3 is 1. The van der Waals surface area contributed by atoms with Gasteiger partial charge in [0.15, 0.2) is 6.10 Å². The molecule has 4 rings (SSSR count). The maximum Gasteiger partial charge on any atom is 0.309 e. The first-order chi connectivity index (χ1) is 17.0. The van der Waals surface area contributed by atoms with Gasteiger partial charge in [-0.2, -0.15) is 0 Å². The Labute approximate surface area is 208 Å². The van der Waals surface area contributed by atoms with Crippen molar-refractivity contribution in [2.45, 2.75) is 57.0 Å². The lowest BCUT2D eigenvalue weighted by Gasteiger charge is -2.32. The van der Waals surface area contributed by atoms with E-state index in [-0.39, 0.29) is 58.8 Å². The molecule has 1 fully saturated rings. The van der Waals surface area contributed by atoms with Gasteiger partial charge in [0.2, 0.25) is 11.6 Å². The Balaban J connectivity index is 1.79. The molecule has 36 heavy (non-hydrogen) atoms. The van der Waals surface area contributed by atoms with Crippen molar-refractivity contribution in [1.82, 2.24) is 4.90 Å². The second kappa shape index (κ2) is 9.68. The average molecular weight is 502 g/mol. The molecule has 0 saturated carbocycles. The molecule has 0 spiro atoms. The van der Waals surface area contributed by atoms with Crippen molar-refractivity contribution in [3.05, 3.63) is 45.7 Å². The number of carbonyl (C=O) groups is 3. The third kappa shape index (κ3) is 4.19. The molecule has 194 valence electrons. The zero-order chi connectivity index (χ0) is 26.5. The summed E-state index contributed by atoms with van der Waals surface area (Å²) in [6, 6.07) is 2.84. The average Bonchev–Trinajstić information content (AvgIpc) is 2.98. The maximum absolute atomic E-state index is 13.6. The lowest BCUT2D eigenvalue weighted by Crippen LogP contribution is -2.44. The van der Waals surface area contributed by atoms with Gasteiger partial charge in [0.05, 0.1) is 49.1 Å². The minimum atomic E-state index is -1.24. The van der Waals surface area contributed by atoms with E-state index >= 15 is 0 Å². The van der Waals surface area contributed by atoms with Gasteiger partial charge >= 0.3 is 5.97 Å². The fourth-order valence-electron chi connectivity index (χ4n) is 5.20. The van der Waals surface area contributed by atoms with E-state index in [0.717, 1.165) is 0 Å². The summed E-state index contributed by atoms with van der Waals surface area (Å²) in [5, 5.41) is 33.0. The number of esters is 1. The highest BCUT2D eigenvalue weighted by atomic mass is 16.5. The van der Waals surface area contributed by atoms with E-state index in [9.17, 15) is 29.7 Å². The Morgan fingerprint density at radius 2 is 1.89 bits per heavy atom. The van der Waals surface area contributed by atoms with Crippen LogP contribution in [0.15, 0.2) is 29.0 Å². The number of fused-ring (bicyclic) bond motifs is 2. The van der Waals surface area contributed by atoms with E-state index in [1.807, 2.05) is 19.0 Å². The predicted octanol–water partition coefficient (Wildman–Crippen LogP) is 1.85. The van der Waals surface area contributed by atoms with Crippen LogP contribution in [0.25, 0.3) is 5.76 Å². The highest BCUT2D eigenvalue weighted by Gasteiger charge is 2.45. The molecule has 10 heteroatoms. The molecule has 3 aliphatic rings. The van der Waals surface area contributed by atoms with Crippen molar-refractivity contribution in [2.75, 3.05) is 27.8 Å². The van der Waals surface area contributed by atoms with E-state index in [1.165, 1.54) is 20.1 Å². The molecule has 10 nitrogen and oxygen atoms in total. The van der Waals surface area contributed by atoms with E-state index in [4.69, 9.17) is 9.47 Å². The molecule has 1 aromatic rings. The molecule has 0 amide bonds. The van der Waals surface area contributed by atoms with Crippen molar-refractivity contribution in [3.63, 3.8) is 0 Å². The summed E-state index contributed by atoms with van der Waals surface area (Å²) in [5.41, 5.74) is -0.0564. The summed E-state index contributed by atoms with van der Waals surface area (Å²) in [5.74, 6) is -3.10. The van der Waals surface area contributed by atoms with Crippen molar-refractivity contribution in [2.24, 2.45) is 0 Å². The number of allylic oxidation sites excluding steroid dienone is 2. The highest BCUT2D eigenvalue weighted by Crippen LogP contribution is 2.45. The summed E-state index contributed by atoms with van der Waals surface area (Å²) in [6.45, 7) is 3.47. The van der Waals surface area contributed by atoms with Crippen LogP contribution in [0.2, 0.25) is 0 Å². The number of Topliss-reactive ketones (excluding diaryl/α,β-unsaturated/α-hetero) is 2. The van der Waals surface area contributed by atoms with E-state index in [1.54, 1.807) is 13.0 Å². The second-order valence-electron chi connectivity index (χ2n) is 9.65. The minimum Gasteiger partial charge on any atom is -0.507 e. The van der Waals surface area contributed by atoms with Crippen LogP contribution in [0, 0.1) is 0 Å². The Morgan fingerprint density at radius 1 is 1.19 bits per heavy atom. The second-order valence-corrected chi connectivity index (χ2v) is 9.65. The first-order valence-electron chi connectivity index (χ1n) is 11.8. The van der Waals surface area contributed by atoms with Crippen LogP contribution in [-0.4, -0.2) is 89.9 Å². The van der Waals surface area contributed by atoms with Crippen LogP contribution in [0.4, 0.5) is 0 Å². The molecule has 2 aliphatic heterocycles. The molecule has 2 heterocycles. The van der Waals surface area contributed by atoms with Crippen LogP contribution >= 0.6 is 0 Å². The molecule has 1 saturated heterocycles. The zero-order valence-electron chi connectivity index (χ0n) is 20.9. The predicted molar refractivity (Wildman–Crippen MR) is 127 cm³/mol. The Hall–Kier alpha value is -3.21. The first-order valence-corrected chi connectivity index (χ1v) is 11.8. The van der Waals surface area contributed by atoms with Crippen molar-refractivity contribution >= 4 is 23.3 Å². The van der Waals surface area contributed by atoms with Crippen LogP contribution < -0.4 is 0 Å². The number of hydrogen-bond acceptors (Lipinski definition) is 10. The number of aliphatic hydroxyl groups is 2. The molecule has 0 unspecified atom stereocenters. The quantitative estimate of drug-likeness (QED) is 0.523. The number of ether oxygens (including phenoxy) is 3. The number of phenols is 1. The number of likely N-dealkylation sites (N-methyl/N-ethyl adjacent to an activating group) is 1. The SMILES string of the molecule is COC(=O)C[C@H]1OC(C)=C2C(=O)c3c(ccc([C@H]4CO[C@H](C)[C@@H](O)[C@H](N(C)C)C4)c3O)C(O)=C2C1=O. The molecule has 5 atom stereocenters. The van der Waals surface area contributed by atoms with Gasteiger partial charge in [-0.1, -0.05) is 6.07 Å². The van der Waals surface area contributed by atoms with Gasteiger partial charge in [0.1, 0.15) is 17.3 Å². The first kappa shape index (κ1) is 25.9. The summed E-state index contributed by atoms with van der Waals surface area (Å²) in [4.78, 5) is 40.3. The smallest absolute Gasteiger partial charge is 0.309 e. The zero-order valence-corrected chi connectivity index (χ0v) is 20.9. The summed E-state index contributed by atoms with van der Waals surface area (Å²) < 4.78 is 16.0. The molecule has 0 bridgehead atoms. The monoisotopic (exact) mass is 501 g/mol. The fourth-order valence-corrected chi connectivity index (χ4v) is 5.20. The number of rotatable bonds is 4. The Bertz CT molecular complexity index is 1180. The molecule has 0 aromatic heterocycles. The van der Waals surface area contributed by atoms with E-state index in [2.05, 4.69) is 4.74 Å². The van der Waals surface area contributed by atoms with Crippen molar-refractivity contribution < 1.29 is 43.9 Å². The molecular weight excluding hydrogens is 470 g/mol. The van der Waals surface area contributed by atoms with Gasteiger partial charge in [0, 0.05) is 23.1 Å². The normalized spacial score (nSPS) is 28.5. The van der Waals surface area contributed by atoms with Crippen LogP contribution in [0.5, 0.6) is 5.75 Å². The lowest BCUT2D eigenvalue weighted by molar-refractivity contribution is -0.146. The maximum atomic E-state index is 13.6. The summed E-state index contributed by atoms with van der Waals surface area (Å²) >= 11 is 0. The largest absolute Gasteiger partial charge is 0.507 e. The van der Waals surface area contributed by atoms with Crippen LogP contribution in [0.3, 0.4) is 0 Å². The third-order valence-electron chi connectivity index (χ3n) is 7.26. The summed E-state index contributed by atoms with van der Waals surface area (Å²) in [6.07, 6.45) is -2.31. The Kier molecular flexibility index (Phi) is 6.96. The Morgan fingerprint density at radius 3 is 2.53 bits per heavy atom. The molecule has 0 radical (unpaired) electrons. The minimum absolute atomic E-state index is 0.0203. The van der Waals surface area contributed by atoms with Crippen molar-refractivity contribution in [1.29, 1.82) is 0 Å². The standard InChI is InChI=1S/C26H31NO9/c1-11-19-21(25(32)17(36-11)9-18(28)34-5)24(31)15-7-6-14(23(30)20(15)26(19)33)13-8-16(27(3)4)22(29)12(2)35-10-13/h6-7,12-13,16-17,22,29-31H,8-10H2,1-5H3/t12-,13-,16-,17-,22-/m1/s1. The fraction of sp³-hybridized carbons (Fsp3) is 0.500. The van der Waals surface area contributed by atoms with Gasteiger partial charge in [-0.3, -0.25) is 14.4 Å².